The van der Waals surface area contributed by atoms with Crippen molar-refractivity contribution in [1.29, 1.82) is 0 Å². The average molecular weight is 772 g/mol. The number of anilines is 2. The smallest absolute Gasteiger partial charge is 0.243 e. The van der Waals surface area contributed by atoms with Crippen LogP contribution in [0, 0.1) is 5.92 Å². The second-order valence-electron chi connectivity index (χ2n) is 20.6. The Labute approximate surface area is 351 Å². The second kappa shape index (κ2) is 16.0. The minimum atomic E-state index is 0.0846. The number of hydrogen-bond donors (Lipinski definition) is 1. The first-order valence-electron chi connectivity index (χ1n) is 21.9. The largest absolute Gasteiger partial charge is 0.472 e. The van der Waals surface area contributed by atoms with E-state index in [0.29, 0.717) is 5.92 Å². The predicted octanol–water partition coefficient (Wildman–Crippen LogP) is 13.0. The van der Waals surface area contributed by atoms with E-state index in [-0.39, 0.29) is 33.6 Å². The van der Waals surface area contributed by atoms with Crippen molar-refractivity contribution < 1.29 is 4.42 Å². The van der Waals surface area contributed by atoms with Crippen LogP contribution in [0.1, 0.15) is 141 Å². The molecule has 3 atom stereocenters. The van der Waals surface area contributed by atoms with Crippen LogP contribution in [-0.4, -0.2) is 19.9 Å². The summed E-state index contributed by atoms with van der Waals surface area (Å²) >= 11 is 0. The summed E-state index contributed by atoms with van der Waals surface area (Å²) in [5, 5.41) is 5.03. The molecule has 0 spiro atoms. The van der Waals surface area contributed by atoms with Crippen molar-refractivity contribution in [2.45, 2.75) is 141 Å². The van der Waals surface area contributed by atoms with Crippen molar-refractivity contribution in [2.24, 2.45) is 5.92 Å². The van der Waals surface area contributed by atoms with Crippen molar-refractivity contribution in [1.82, 2.24) is 0 Å². The molecule has 4 heteroatoms. The topological polar surface area (TPSA) is 28.4 Å². The van der Waals surface area contributed by atoms with Crippen molar-refractivity contribution in [3.63, 3.8) is 0 Å². The summed E-state index contributed by atoms with van der Waals surface area (Å²) in [6.45, 7) is 32.5. The van der Waals surface area contributed by atoms with Gasteiger partial charge >= 0.3 is 0 Å². The molecule has 3 unspecified atom stereocenters. The van der Waals surface area contributed by atoms with Crippen LogP contribution in [0.15, 0.2) is 120 Å². The molecule has 0 bridgehead atoms. The number of nitrogens with zero attached hydrogens (tertiary/aromatic N) is 1. The molecule has 0 saturated heterocycles. The SMILES string of the molecule is C=CCC(C=C)/C=C/CN(C1=CC(Nc2ccc(C(C)(C)C)cc2)CC=C1)c1cc2c(cc1[B]c1cc3cc4c(cc3o1)C(C)(C)CCC4(C)C)C(C)(C)CCC2C. The van der Waals surface area contributed by atoms with Gasteiger partial charge in [-0.1, -0.05) is 123 Å². The highest BCUT2D eigenvalue weighted by atomic mass is 16.3. The second-order valence-corrected chi connectivity index (χ2v) is 20.6. The average Bonchev–Trinajstić information content (AvgIpc) is 3.57. The summed E-state index contributed by atoms with van der Waals surface area (Å²) in [5.41, 5.74) is 14.2. The number of fused-ring (bicyclic) bond motifs is 3. The predicted molar refractivity (Wildman–Crippen MR) is 253 cm³/mol. The quantitative estimate of drug-likeness (QED) is 0.115. The van der Waals surface area contributed by atoms with Crippen molar-refractivity contribution >= 4 is 40.7 Å². The van der Waals surface area contributed by atoms with Gasteiger partial charge in [-0.15, -0.1) is 13.2 Å². The summed E-state index contributed by atoms with van der Waals surface area (Å²) in [6.07, 6.45) is 22.2. The summed E-state index contributed by atoms with van der Waals surface area (Å²) < 4.78 is 6.82. The molecule has 3 nitrogen and oxygen atoms in total. The summed E-state index contributed by atoms with van der Waals surface area (Å²) in [6, 6.07) is 21.2. The lowest BCUT2D eigenvalue weighted by Gasteiger charge is -2.41. The van der Waals surface area contributed by atoms with E-state index in [4.69, 9.17) is 4.42 Å². The van der Waals surface area contributed by atoms with Crippen LogP contribution in [0.25, 0.3) is 11.0 Å². The molecule has 1 aromatic heterocycles. The van der Waals surface area contributed by atoms with E-state index in [1.807, 2.05) is 12.2 Å². The number of nitrogens with one attached hydrogen (secondary N) is 1. The lowest BCUT2D eigenvalue weighted by Crippen LogP contribution is -2.37. The Balaban J connectivity index is 1.33. The summed E-state index contributed by atoms with van der Waals surface area (Å²) in [7, 11) is 2.31. The number of benzene rings is 3. The maximum atomic E-state index is 6.82. The number of furan rings is 1. The normalized spacial score (nSPS) is 21.2. The molecule has 0 aliphatic heterocycles. The minimum absolute atomic E-state index is 0.0846. The monoisotopic (exact) mass is 772 g/mol. The van der Waals surface area contributed by atoms with Crippen LogP contribution in [0.5, 0.6) is 0 Å². The third-order valence-electron chi connectivity index (χ3n) is 13.6. The highest BCUT2D eigenvalue weighted by molar-refractivity contribution is 6.68. The third-order valence-corrected chi connectivity index (χ3v) is 13.6. The van der Waals surface area contributed by atoms with Gasteiger partial charge in [-0.05, 0) is 148 Å². The Morgan fingerprint density at radius 1 is 0.897 bits per heavy atom. The molecule has 0 saturated carbocycles. The molecule has 3 aliphatic carbocycles. The highest BCUT2D eigenvalue weighted by Gasteiger charge is 2.38. The van der Waals surface area contributed by atoms with Crippen molar-refractivity contribution in [2.75, 3.05) is 16.8 Å². The zero-order valence-electron chi connectivity index (χ0n) is 37.3. The van der Waals surface area contributed by atoms with Crippen molar-refractivity contribution in [3.8, 4) is 0 Å². The van der Waals surface area contributed by atoms with Gasteiger partial charge in [0.25, 0.3) is 0 Å². The van der Waals surface area contributed by atoms with Gasteiger partial charge in [0.05, 0.1) is 11.7 Å². The first-order chi connectivity index (χ1) is 27.4. The van der Waals surface area contributed by atoms with Gasteiger partial charge in [0.1, 0.15) is 5.58 Å². The molecule has 3 aromatic carbocycles. The first kappa shape index (κ1) is 41.7. The molecule has 7 rings (SSSR count). The lowest BCUT2D eigenvalue weighted by atomic mass is 9.62. The molecular weight excluding hydrogens is 703 g/mol. The van der Waals surface area contributed by atoms with Crippen molar-refractivity contribution in [3.05, 3.63) is 144 Å². The van der Waals surface area contributed by atoms with E-state index in [2.05, 4.69) is 185 Å². The van der Waals surface area contributed by atoms with Crippen LogP contribution in [0.2, 0.25) is 0 Å². The Kier molecular flexibility index (Phi) is 11.5. The van der Waals surface area contributed by atoms with Crippen LogP contribution in [0.3, 0.4) is 0 Å². The van der Waals surface area contributed by atoms with Gasteiger partial charge in [-0.2, -0.15) is 0 Å². The van der Waals surface area contributed by atoms with E-state index in [1.54, 1.807) is 0 Å². The van der Waals surface area contributed by atoms with Crippen LogP contribution in [-0.2, 0) is 21.7 Å². The number of hydrogen-bond acceptors (Lipinski definition) is 3. The molecule has 1 heterocycles. The lowest BCUT2D eigenvalue weighted by molar-refractivity contribution is 0.332. The Bertz CT molecular complexity index is 2200. The van der Waals surface area contributed by atoms with E-state index in [0.717, 1.165) is 36.3 Å². The van der Waals surface area contributed by atoms with Gasteiger partial charge < -0.3 is 14.6 Å². The number of allylic oxidation sites excluding steroid dienone is 4. The fourth-order valence-electron chi connectivity index (χ4n) is 9.53. The Hall–Kier alpha value is -4.44. The highest BCUT2D eigenvalue weighted by Crippen LogP contribution is 2.47. The molecule has 1 N–H and O–H groups in total. The van der Waals surface area contributed by atoms with Crippen LogP contribution in [0.4, 0.5) is 11.4 Å². The minimum Gasteiger partial charge on any atom is -0.472 e. The Morgan fingerprint density at radius 2 is 1.59 bits per heavy atom. The molecule has 303 valence electrons. The van der Waals surface area contributed by atoms with Gasteiger partial charge in [0.15, 0.2) is 0 Å². The molecular formula is C54H68BN2O. The van der Waals surface area contributed by atoms with E-state index < -0.39 is 0 Å². The summed E-state index contributed by atoms with van der Waals surface area (Å²) in [4.78, 5) is 2.52. The molecule has 4 aromatic rings. The summed E-state index contributed by atoms with van der Waals surface area (Å²) in [5.74, 6) is 0.726. The fourth-order valence-corrected chi connectivity index (χ4v) is 9.53. The molecule has 58 heavy (non-hydrogen) atoms. The molecule has 0 fully saturated rings. The van der Waals surface area contributed by atoms with Gasteiger partial charge in [0, 0.05) is 29.0 Å². The molecule has 3 aliphatic rings. The molecule has 0 amide bonds. The van der Waals surface area contributed by atoms with Crippen LogP contribution >= 0.6 is 0 Å². The van der Waals surface area contributed by atoms with Gasteiger partial charge in [-0.25, -0.2) is 0 Å². The first-order valence-corrected chi connectivity index (χ1v) is 21.9. The van der Waals surface area contributed by atoms with Crippen LogP contribution < -0.4 is 21.3 Å². The fraction of sp³-hybridized carbons (Fsp3) is 0.444. The maximum Gasteiger partial charge on any atom is 0.243 e. The third kappa shape index (κ3) is 8.64. The van der Waals surface area contributed by atoms with E-state index in [1.165, 1.54) is 75.7 Å². The maximum absolute atomic E-state index is 6.82. The van der Waals surface area contributed by atoms with E-state index >= 15 is 0 Å². The molecule has 1 radical (unpaired) electrons. The van der Waals surface area contributed by atoms with Gasteiger partial charge in [-0.3, -0.25) is 0 Å². The Morgan fingerprint density at radius 3 is 2.26 bits per heavy atom. The zero-order valence-corrected chi connectivity index (χ0v) is 37.3. The van der Waals surface area contributed by atoms with Gasteiger partial charge in [0.2, 0.25) is 7.28 Å². The standard InChI is InChI=1S/C54H68BN2O/c1-13-17-37(14-2)18-16-29-57(42-20-15-19-41(32-42)56-40-23-21-39(22-24-40)51(4,5)6)48-33-43-36(3)25-26-52(7,8)44(43)34-47(48)55-50-31-38-30-45-46(35-49(38)58-50)54(11,12)28-27-53(45,9)10/h13-16,18,20-24,30-37,41,56H,1-2,17,19,25-29H2,3-12H3/b18-16+. The number of rotatable bonds is 12. The van der Waals surface area contributed by atoms with E-state index in [9.17, 15) is 0 Å². The zero-order chi connectivity index (χ0) is 41.6.